The number of aromatic nitrogens is 3. The lowest BCUT2D eigenvalue weighted by molar-refractivity contribution is 0.0946. The first-order valence-corrected chi connectivity index (χ1v) is 7.69. The summed E-state index contributed by atoms with van der Waals surface area (Å²) in [6, 6.07) is 3.33. The molecule has 0 atom stereocenters. The van der Waals surface area contributed by atoms with Crippen molar-refractivity contribution in [3.05, 3.63) is 61.8 Å². The summed E-state index contributed by atoms with van der Waals surface area (Å²) in [5.41, 5.74) is 0.880. The molecule has 1 N–H and O–H groups in total. The monoisotopic (exact) mass is 342 g/mol. The molecule has 130 valence electrons. The second-order valence-electron chi connectivity index (χ2n) is 5.91. The maximum absolute atomic E-state index is 12.4. The average molecular weight is 342 g/mol. The van der Waals surface area contributed by atoms with Gasteiger partial charge in [0.1, 0.15) is 17.1 Å². The molecule has 0 saturated carbocycles. The molecule has 1 amide bonds. The number of hydrogen-bond donors (Lipinski definition) is 1. The van der Waals surface area contributed by atoms with Crippen molar-refractivity contribution in [1.29, 1.82) is 0 Å². The predicted molar refractivity (Wildman–Crippen MR) is 91.6 cm³/mol. The van der Waals surface area contributed by atoms with Gasteiger partial charge < -0.3 is 9.73 Å². The Labute approximate surface area is 142 Å². The zero-order chi connectivity index (χ0) is 18.3. The number of carbonyl (C=O) groups is 1. The summed E-state index contributed by atoms with van der Waals surface area (Å²) < 4.78 is 7.48. The van der Waals surface area contributed by atoms with Crippen LogP contribution in [0.25, 0.3) is 11.0 Å². The Bertz CT molecular complexity index is 1100. The molecule has 0 aliphatic rings. The highest BCUT2D eigenvalue weighted by molar-refractivity contribution is 5.95. The number of aryl methyl sites for hydroxylation is 3. The number of amides is 1. The van der Waals surface area contributed by atoms with Gasteiger partial charge in [0, 0.05) is 26.2 Å². The van der Waals surface area contributed by atoms with E-state index in [-0.39, 0.29) is 11.3 Å². The summed E-state index contributed by atoms with van der Waals surface area (Å²) in [5, 5.41) is 3.09. The summed E-state index contributed by atoms with van der Waals surface area (Å²) in [4.78, 5) is 41.1. The van der Waals surface area contributed by atoms with Gasteiger partial charge in [-0.25, -0.2) is 9.78 Å². The van der Waals surface area contributed by atoms with Crippen molar-refractivity contribution in [2.75, 3.05) is 0 Å². The van der Waals surface area contributed by atoms with E-state index in [2.05, 4.69) is 10.3 Å². The molecule has 8 nitrogen and oxygen atoms in total. The second-order valence-corrected chi connectivity index (χ2v) is 5.91. The third-order valence-electron chi connectivity index (χ3n) is 4.25. The lowest BCUT2D eigenvalue weighted by Gasteiger charge is -2.11. The molecule has 0 saturated heterocycles. The van der Waals surface area contributed by atoms with Gasteiger partial charge in [-0.1, -0.05) is 0 Å². The van der Waals surface area contributed by atoms with Gasteiger partial charge in [0.2, 0.25) is 0 Å². The minimum Gasteiger partial charge on any atom is -0.469 e. The first kappa shape index (κ1) is 16.7. The SMILES string of the molecule is Cc1occc1CNC(=O)c1cc(C)c2c(=O)n(C)c(=O)n(C)c2n1. The maximum atomic E-state index is 12.4. The Morgan fingerprint density at radius 2 is 1.96 bits per heavy atom. The van der Waals surface area contributed by atoms with Crippen molar-refractivity contribution >= 4 is 16.9 Å². The zero-order valence-electron chi connectivity index (χ0n) is 14.4. The molecule has 0 aromatic carbocycles. The molecule has 0 radical (unpaired) electrons. The molecule has 0 fully saturated rings. The zero-order valence-corrected chi connectivity index (χ0v) is 14.4. The Morgan fingerprint density at radius 1 is 1.24 bits per heavy atom. The minimum absolute atomic E-state index is 0.148. The van der Waals surface area contributed by atoms with E-state index >= 15 is 0 Å². The number of pyridine rings is 1. The van der Waals surface area contributed by atoms with Crippen LogP contribution in [0, 0.1) is 13.8 Å². The standard InChI is InChI=1S/C17H18N4O4/c1-9-7-12(15(22)18-8-11-5-6-25-10(11)2)19-14-13(9)16(23)21(4)17(24)20(14)3/h5-7H,8H2,1-4H3,(H,18,22). The van der Waals surface area contributed by atoms with Crippen LogP contribution in [-0.2, 0) is 20.6 Å². The van der Waals surface area contributed by atoms with Crippen molar-refractivity contribution in [3.63, 3.8) is 0 Å². The quantitative estimate of drug-likeness (QED) is 0.758. The number of carbonyl (C=O) groups excluding carboxylic acids is 1. The van der Waals surface area contributed by atoms with Gasteiger partial charge in [0.05, 0.1) is 11.6 Å². The third kappa shape index (κ3) is 2.75. The van der Waals surface area contributed by atoms with E-state index in [9.17, 15) is 14.4 Å². The summed E-state index contributed by atoms with van der Waals surface area (Å²) in [7, 11) is 2.93. The first-order chi connectivity index (χ1) is 11.8. The number of fused-ring (bicyclic) bond motifs is 1. The third-order valence-corrected chi connectivity index (χ3v) is 4.25. The van der Waals surface area contributed by atoms with Crippen LogP contribution in [0.3, 0.4) is 0 Å². The summed E-state index contributed by atoms with van der Waals surface area (Å²) in [6.45, 7) is 3.83. The van der Waals surface area contributed by atoms with E-state index in [1.807, 2.05) is 6.92 Å². The van der Waals surface area contributed by atoms with Gasteiger partial charge in [-0.05, 0) is 31.5 Å². The van der Waals surface area contributed by atoms with Crippen molar-refractivity contribution in [1.82, 2.24) is 19.4 Å². The number of nitrogens with one attached hydrogen (secondary N) is 1. The van der Waals surface area contributed by atoms with Gasteiger partial charge in [-0.15, -0.1) is 0 Å². The Kier molecular flexibility index (Phi) is 4.03. The number of rotatable bonds is 3. The molecule has 0 aliphatic heterocycles. The molecule has 0 unspecified atom stereocenters. The molecule has 3 heterocycles. The van der Waals surface area contributed by atoms with Crippen molar-refractivity contribution in [2.24, 2.45) is 14.1 Å². The molecule has 3 aromatic rings. The molecular weight excluding hydrogens is 324 g/mol. The topological polar surface area (TPSA) is 99.1 Å². The van der Waals surface area contributed by atoms with Gasteiger partial charge in [0.25, 0.3) is 11.5 Å². The Morgan fingerprint density at radius 3 is 2.60 bits per heavy atom. The fourth-order valence-electron chi connectivity index (χ4n) is 2.71. The van der Waals surface area contributed by atoms with E-state index in [0.29, 0.717) is 17.5 Å². The van der Waals surface area contributed by atoms with Crippen molar-refractivity contribution < 1.29 is 9.21 Å². The van der Waals surface area contributed by atoms with Gasteiger partial charge >= 0.3 is 5.69 Å². The summed E-state index contributed by atoms with van der Waals surface area (Å²) in [5.74, 6) is 0.340. The summed E-state index contributed by atoms with van der Waals surface area (Å²) >= 11 is 0. The fraction of sp³-hybridized carbons (Fsp3) is 0.294. The van der Waals surface area contributed by atoms with Crippen LogP contribution in [0.2, 0.25) is 0 Å². The Balaban J connectivity index is 2.03. The lowest BCUT2D eigenvalue weighted by atomic mass is 10.1. The minimum atomic E-state index is -0.490. The van der Waals surface area contributed by atoms with Crippen LogP contribution in [0.4, 0.5) is 0 Å². The van der Waals surface area contributed by atoms with E-state index in [4.69, 9.17) is 4.42 Å². The van der Waals surface area contributed by atoms with E-state index in [0.717, 1.165) is 15.9 Å². The predicted octanol–water partition coefficient (Wildman–Crippen LogP) is 0.772. The highest BCUT2D eigenvalue weighted by Crippen LogP contribution is 2.13. The van der Waals surface area contributed by atoms with Gasteiger partial charge in [-0.2, -0.15) is 0 Å². The van der Waals surface area contributed by atoms with Crippen molar-refractivity contribution in [2.45, 2.75) is 20.4 Å². The van der Waals surface area contributed by atoms with E-state index in [1.165, 1.54) is 18.7 Å². The second kappa shape index (κ2) is 6.04. The highest BCUT2D eigenvalue weighted by Gasteiger charge is 2.16. The average Bonchev–Trinajstić information content (AvgIpc) is 3.00. The molecule has 3 rings (SSSR count). The number of nitrogens with zero attached hydrogens (tertiary/aromatic N) is 3. The van der Waals surface area contributed by atoms with Crippen molar-refractivity contribution in [3.8, 4) is 0 Å². The smallest absolute Gasteiger partial charge is 0.332 e. The summed E-state index contributed by atoms with van der Waals surface area (Å²) in [6.07, 6.45) is 1.56. The molecule has 0 bridgehead atoms. The maximum Gasteiger partial charge on any atom is 0.332 e. The number of hydrogen-bond acceptors (Lipinski definition) is 5. The van der Waals surface area contributed by atoms with E-state index < -0.39 is 17.2 Å². The molecule has 25 heavy (non-hydrogen) atoms. The van der Waals surface area contributed by atoms with E-state index in [1.54, 1.807) is 25.3 Å². The van der Waals surface area contributed by atoms with Crippen LogP contribution in [0.5, 0.6) is 0 Å². The normalized spacial score (nSPS) is 11.0. The van der Waals surface area contributed by atoms with Crippen LogP contribution in [0.1, 0.15) is 27.4 Å². The molecule has 0 spiro atoms. The van der Waals surface area contributed by atoms with Crippen LogP contribution >= 0.6 is 0 Å². The van der Waals surface area contributed by atoms with Crippen LogP contribution in [-0.4, -0.2) is 20.0 Å². The Hall–Kier alpha value is -3.16. The fourth-order valence-corrected chi connectivity index (χ4v) is 2.71. The molecule has 8 heteroatoms. The molecular formula is C17H18N4O4. The number of furan rings is 1. The van der Waals surface area contributed by atoms with Crippen LogP contribution in [0.15, 0.2) is 32.4 Å². The van der Waals surface area contributed by atoms with Crippen LogP contribution < -0.4 is 16.6 Å². The highest BCUT2D eigenvalue weighted by atomic mass is 16.3. The van der Waals surface area contributed by atoms with Gasteiger partial charge in [-0.3, -0.25) is 18.7 Å². The molecule has 0 aliphatic carbocycles. The van der Waals surface area contributed by atoms with Gasteiger partial charge in [0.15, 0.2) is 0 Å². The largest absolute Gasteiger partial charge is 0.469 e. The lowest BCUT2D eigenvalue weighted by Crippen LogP contribution is -2.38. The molecule has 3 aromatic heterocycles. The first-order valence-electron chi connectivity index (χ1n) is 7.69.